The molecule has 1 heterocycles. The fourth-order valence-electron chi connectivity index (χ4n) is 3.40. The predicted octanol–water partition coefficient (Wildman–Crippen LogP) is 2.83. The molecule has 0 radical (unpaired) electrons. The zero-order valence-electron chi connectivity index (χ0n) is 12.6. The molecule has 0 saturated heterocycles. The van der Waals surface area contributed by atoms with Gasteiger partial charge in [-0.1, -0.05) is 12.1 Å². The summed E-state index contributed by atoms with van der Waals surface area (Å²) in [5, 5.41) is 11.1. The molecule has 0 aliphatic heterocycles. The number of hydrogen-bond acceptors (Lipinski definition) is 4. The smallest absolute Gasteiger partial charge is 0.245 e. The molecule has 1 aromatic heterocycles. The van der Waals surface area contributed by atoms with Crippen molar-refractivity contribution in [2.75, 3.05) is 0 Å². The monoisotopic (exact) mass is 327 g/mol. The molecule has 23 heavy (non-hydrogen) atoms. The number of rotatable bonds is 4. The first-order valence-corrected chi connectivity index (χ1v) is 9.31. The van der Waals surface area contributed by atoms with Gasteiger partial charge < -0.3 is 0 Å². The van der Waals surface area contributed by atoms with Gasteiger partial charge in [-0.15, -0.1) is 0 Å². The van der Waals surface area contributed by atoms with Crippen molar-refractivity contribution in [3.8, 4) is 6.07 Å². The maximum Gasteiger partial charge on any atom is 0.245 e. The van der Waals surface area contributed by atoms with E-state index in [1.165, 1.54) is 4.31 Å². The van der Waals surface area contributed by atoms with E-state index in [-0.39, 0.29) is 10.9 Å². The van der Waals surface area contributed by atoms with Gasteiger partial charge in [-0.3, -0.25) is 4.98 Å². The van der Waals surface area contributed by atoms with Gasteiger partial charge in [-0.25, -0.2) is 8.42 Å². The number of fused-ring (bicyclic) bond motifs is 1. The van der Waals surface area contributed by atoms with Crippen molar-refractivity contribution in [2.24, 2.45) is 0 Å². The normalized spacial score (nSPS) is 20.2. The average Bonchev–Trinajstić information content (AvgIpc) is 3.34. The molecule has 6 heteroatoms. The Labute approximate surface area is 135 Å². The molecule has 2 fully saturated rings. The van der Waals surface area contributed by atoms with Gasteiger partial charge >= 0.3 is 0 Å². The van der Waals surface area contributed by atoms with Crippen LogP contribution in [0.5, 0.6) is 0 Å². The number of nitrogens with zero attached hydrogens (tertiary/aromatic N) is 3. The standard InChI is InChI=1S/C17H17N3O2S/c18-12-17(8-2-9-17)20(14-5-6-14)23(21,22)16-4-1-3-13-11-19-10-7-15(13)16/h1,3-4,7,10-11,14H,2,5-6,8-9H2. The summed E-state index contributed by atoms with van der Waals surface area (Å²) in [5.74, 6) is 0. The zero-order chi connectivity index (χ0) is 16.1. The molecule has 2 aliphatic carbocycles. The number of sulfonamides is 1. The van der Waals surface area contributed by atoms with E-state index < -0.39 is 15.6 Å². The second-order valence-corrected chi connectivity index (χ2v) is 8.17. The largest absolute Gasteiger partial charge is 0.264 e. The zero-order valence-corrected chi connectivity index (χ0v) is 13.5. The van der Waals surface area contributed by atoms with Crippen molar-refractivity contribution in [2.45, 2.75) is 48.6 Å². The van der Waals surface area contributed by atoms with Gasteiger partial charge in [0.05, 0.1) is 11.0 Å². The fraction of sp³-hybridized carbons (Fsp3) is 0.412. The summed E-state index contributed by atoms with van der Waals surface area (Å²) in [6.45, 7) is 0. The number of pyridine rings is 1. The summed E-state index contributed by atoms with van der Waals surface area (Å²) in [6, 6.07) is 9.22. The number of hydrogen-bond donors (Lipinski definition) is 0. The van der Waals surface area contributed by atoms with E-state index in [1.54, 1.807) is 30.6 Å². The molecule has 0 atom stereocenters. The van der Waals surface area contributed by atoms with Crippen LogP contribution in [-0.4, -0.2) is 29.3 Å². The van der Waals surface area contributed by atoms with Crippen molar-refractivity contribution in [3.05, 3.63) is 36.7 Å². The van der Waals surface area contributed by atoms with Crippen molar-refractivity contribution >= 4 is 20.8 Å². The Bertz CT molecular complexity index is 904. The first-order valence-electron chi connectivity index (χ1n) is 7.87. The van der Waals surface area contributed by atoms with E-state index in [2.05, 4.69) is 11.1 Å². The van der Waals surface area contributed by atoms with Crippen LogP contribution in [-0.2, 0) is 10.0 Å². The maximum absolute atomic E-state index is 13.4. The molecule has 0 amide bonds. The fourth-order valence-corrected chi connectivity index (χ4v) is 5.61. The van der Waals surface area contributed by atoms with Crippen LogP contribution in [0.15, 0.2) is 41.6 Å². The minimum Gasteiger partial charge on any atom is -0.264 e. The number of benzene rings is 1. The Balaban J connectivity index is 1.90. The summed E-state index contributed by atoms with van der Waals surface area (Å²) in [6.07, 6.45) is 7.12. The minimum absolute atomic E-state index is 0.0305. The Morgan fingerprint density at radius 2 is 2.04 bits per heavy atom. The van der Waals surface area contributed by atoms with E-state index in [1.807, 2.05) is 6.07 Å². The lowest BCUT2D eigenvalue weighted by Crippen LogP contribution is -2.56. The second kappa shape index (κ2) is 5.02. The molecule has 2 aliphatic rings. The van der Waals surface area contributed by atoms with E-state index in [4.69, 9.17) is 0 Å². The lowest BCUT2D eigenvalue weighted by Gasteiger charge is -2.44. The Hall–Kier alpha value is -1.97. The Morgan fingerprint density at radius 1 is 1.26 bits per heavy atom. The molecule has 0 spiro atoms. The molecule has 2 aromatic rings. The Kier molecular flexibility index (Phi) is 3.19. The third-order valence-electron chi connectivity index (χ3n) is 4.87. The number of aromatic nitrogens is 1. The highest BCUT2D eigenvalue weighted by molar-refractivity contribution is 7.89. The first kappa shape index (κ1) is 14.6. The third-order valence-corrected chi connectivity index (χ3v) is 6.94. The molecule has 0 N–H and O–H groups in total. The molecular formula is C17H17N3O2S. The molecule has 2 saturated carbocycles. The van der Waals surface area contributed by atoms with Crippen LogP contribution in [0.4, 0.5) is 0 Å². The molecule has 1 aromatic carbocycles. The molecule has 118 valence electrons. The Morgan fingerprint density at radius 3 is 2.65 bits per heavy atom. The van der Waals surface area contributed by atoms with Gasteiger partial charge in [0.15, 0.2) is 0 Å². The highest BCUT2D eigenvalue weighted by Gasteiger charge is 2.54. The quantitative estimate of drug-likeness (QED) is 0.865. The first-order chi connectivity index (χ1) is 11.1. The van der Waals surface area contributed by atoms with Gasteiger partial charge in [0, 0.05) is 29.2 Å². The lowest BCUT2D eigenvalue weighted by molar-refractivity contribution is 0.140. The van der Waals surface area contributed by atoms with E-state index >= 15 is 0 Å². The van der Waals surface area contributed by atoms with Crippen LogP contribution in [0, 0.1) is 11.3 Å². The van der Waals surface area contributed by atoms with Crippen LogP contribution < -0.4 is 0 Å². The topological polar surface area (TPSA) is 74.1 Å². The van der Waals surface area contributed by atoms with E-state index in [9.17, 15) is 13.7 Å². The molecular weight excluding hydrogens is 310 g/mol. The summed E-state index contributed by atoms with van der Waals surface area (Å²) < 4.78 is 28.3. The molecule has 0 bridgehead atoms. The SMILES string of the molecule is N#CC1(N(C2CC2)S(=O)(=O)c2cccc3cnccc23)CCC1. The summed E-state index contributed by atoms with van der Waals surface area (Å²) >= 11 is 0. The van der Waals surface area contributed by atoms with E-state index in [0.29, 0.717) is 18.2 Å². The van der Waals surface area contributed by atoms with Gasteiger partial charge in [-0.05, 0) is 44.2 Å². The second-order valence-electron chi connectivity index (χ2n) is 6.38. The van der Waals surface area contributed by atoms with E-state index in [0.717, 1.165) is 24.6 Å². The van der Waals surface area contributed by atoms with Crippen LogP contribution >= 0.6 is 0 Å². The van der Waals surface area contributed by atoms with Crippen molar-refractivity contribution < 1.29 is 8.42 Å². The van der Waals surface area contributed by atoms with Crippen molar-refractivity contribution in [1.29, 1.82) is 5.26 Å². The lowest BCUT2D eigenvalue weighted by atomic mass is 9.78. The van der Waals surface area contributed by atoms with Crippen LogP contribution in [0.2, 0.25) is 0 Å². The van der Waals surface area contributed by atoms with Crippen LogP contribution in [0.1, 0.15) is 32.1 Å². The van der Waals surface area contributed by atoms with Crippen LogP contribution in [0.25, 0.3) is 10.8 Å². The predicted molar refractivity (Wildman–Crippen MR) is 86.0 cm³/mol. The minimum atomic E-state index is -3.71. The van der Waals surface area contributed by atoms with Crippen molar-refractivity contribution in [3.63, 3.8) is 0 Å². The molecule has 0 unspecified atom stereocenters. The van der Waals surface area contributed by atoms with Gasteiger partial charge in [-0.2, -0.15) is 9.57 Å². The third kappa shape index (κ3) is 2.15. The maximum atomic E-state index is 13.4. The highest BCUT2D eigenvalue weighted by atomic mass is 32.2. The summed E-state index contributed by atoms with van der Waals surface area (Å²) in [7, 11) is -3.71. The average molecular weight is 327 g/mol. The van der Waals surface area contributed by atoms with Crippen molar-refractivity contribution in [1.82, 2.24) is 9.29 Å². The van der Waals surface area contributed by atoms with Gasteiger partial charge in [0.25, 0.3) is 0 Å². The molecule has 5 nitrogen and oxygen atoms in total. The van der Waals surface area contributed by atoms with Gasteiger partial charge in [0.1, 0.15) is 5.54 Å². The number of nitriles is 1. The van der Waals surface area contributed by atoms with Gasteiger partial charge in [0.2, 0.25) is 10.0 Å². The summed E-state index contributed by atoms with van der Waals surface area (Å²) in [4.78, 5) is 4.34. The summed E-state index contributed by atoms with van der Waals surface area (Å²) in [5.41, 5.74) is -0.852. The molecule has 4 rings (SSSR count). The van der Waals surface area contributed by atoms with Crippen LogP contribution in [0.3, 0.4) is 0 Å². The highest BCUT2D eigenvalue weighted by Crippen LogP contribution is 2.47.